The van der Waals surface area contributed by atoms with Crippen LogP contribution in [0.4, 0.5) is 0 Å². The molecule has 18 heavy (non-hydrogen) atoms. The number of rotatable bonds is 6. The highest BCUT2D eigenvalue weighted by Crippen LogP contribution is 2.53. The van der Waals surface area contributed by atoms with Crippen molar-refractivity contribution in [2.45, 2.75) is 70.9 Å². The van der Waals surface area contributed by atoms with E-state index in [1.54, 1.807) is 0 Å². The Bertz CT molecular complexity index is 268. The number of hydrogen-bond donors (Lipinski definition) is 1. The van der Waals surface area contributed by atoms with Gasteiger partial charge in [0.25, 0.3) is 0 Å². The summed E-state index contributed by atoms with van der Waals surface area (Å²) in [6.07, 6.45) is 14.3. The van der Waals surface area contributed by atoms with Crippen molar-refractivity contribution < 1.29 is 4.74 Å². The molecule has 2 aliphatic rings. The lowest BCUT2D eigenvalue weighted by Crippen LogP contribution is -2.64. The zero-order valence-electron chi connectivity index (χ0n) is 12.1. The molecule has 2 heteroatoms. The quantitative estimate of drug-likeness (QED) is 0.574. The van der Waals surface area contributed by atoms with Gasteiger partial charge < -0.3 is 10.1 Å². The highest BCUT2D eigenvalue weighted by molar-refractivity contribution is 5.09. The number of hydrogen-bond acceptors (Lipinski definition) is 2. The molecule has 0 bridgehead atoms. The smallest absolute Gasteiger partial charge is 0.0661 e. The van der Waals surface area contributed by atoms with Crippen molar-refractivity contribution in [3.8, 4) is 0 Å². The Hall–Kier alpha value is -0.340. The summed E-state index contributed by atoms with van der Waals surface area (Å²) in [4.78, 5) is 0. The fraction of sp³-hybridized carbons (Fsp3) is 0.875. The molecule has 2 fully saturated rings. The molecular formula is C16H29NO. The molecule has 104 valence electrons. The van der Waals surface area contributed by atoms with Gasteiger partial charge in [0.1, 0.15) is 0 Å². The van der Waals surface area contributed by atoms with E-state index < -0.39 is 0 Å². The third-order valence-electron chi connectivity index (χ3n) is 4.87. The molecule has 0 aromatic heterocycles. The first kappa shape index (κ1) is 14.1. The van der Waals surface area contributed by atoms with Crippen molar-refractivity contribution in [3.05, 3.63) is 12.2 Å². The van der Waals surface area contributed by atoms with Gasteiger partial charge in [0.05, 0.1) is 6.10 Å². The van der Waals surface area contributed by atoms with Gasteiger partial charge >= 0.3 is 0 Å². The van der Waals surface area contributed by atoms with Gasteiger partial charge in [0.15, 0.2) is 0 Å². The van der Waals surface area contributed by atoms with E-state index in [0.717, 1.165) is 19.6 Å². The van der Waals surface area contributed by atoms with Gasteiger partial charge in [-0.25, -0.2) is 0 Å². The van der Waals surface area contributed by atoms with Crippen molar-refractivity contribution in [1.29, 1.82) is 0 Å². The van der Waals surface area contributed by atoms with E-state index in [-0.39, 0.29) is 0 Å². The first-order valence-corrected chi connectivity index (χ1v) is 7.79. The standard InChI is InChI=1S/C16H29NO/c1-3-5-9-12-17-14-13-15(18-4-2)16(14)10-7-6-8-11-16/h3,5,14-15,17H,4,6-13H2,1-2H3/b5-3+. The Balaban J connectivity index is 1.86. The van der Waals surface area contributed by atoms with Crippen LogP contribution in [0.25, 0.3) is 0 Å². The highest BCUT2D eigenvalue weighted by Gasteiger charge is 2.55. The molecule has 0 aliphatic heterocycles. The lowest BCUT2D eigenvalue weighted by Gasteiger charge is -2.58. The van der Waals surface area contributed by atoms with Gasteiger partial charge in [0, 0.05) is 18.1 Å². The van der Waals surface area contributed by atoms with Crippen molar-refractivity contribution >= 4 is 0 Å². The summed E-state index contributed by atoms with van der Waals surface area (Å²) in [6, 6.07) is 0.708. The SMILES string of the molecule is C/C=C/CCNC1CC(OCC)C12CCCCC2. The molecule has 1 spiro atoms. The Kier molecular flexibility index (Phi) is 5.25. The van der Waals surface area contributed by atoms with Gasteiger partial charge in [-0.1, -0.05) is 31.4 Å². The second kappa shape index (κ2) is 6.72. The van der Waals surface area contributed by atoms with Crippen LogP contribution in [0.5, 0.6) is 0 Å². The van der Waals surface area contributed by atoms with Crippen LogP contribution >= 0.6 is 0 Å². The average Bonchev–Trinajstić information content (AvgIpc) is 2.42. The van der Waals surface area contributed by atoms with Crippen molar-refractivity contribution in [3.63, 3.8) is 0 Å². The molecule has 2 nitrogen and oxygen atoms in total. The number of ether oxygens (including phenoxy) is 1. The molecule has 2 aliphatic carbocycles. The van der Waals surface area contributed by atoms with Crippen LogP contribution in [0.15, 0.2) is 12.2 Å². The fourth-order valence-corrected chi connectivity index (χ4v) is 3.86. The molecule has 0 saturated heterocycles. The van der Waals surface area contributed by atoms with Gasteiger partial charge in [0.2, 0.25) is 0 Å². The third kappa shape index (κ3) is 2.80. The molecule has 0 aromatic rings. The summed E-state index contributed by atoms with van der Waals surface area (Å²) >= 11 is 0. The Morgan fingerprint density at radius 2 is 2.06 bits per heavy atom. The average molecular weight is 251 g/mol. The minimum absolute atomic E-state index is 0.476. The van der Waals surface area contributed by atoms with Crippen molar-refractivity contribution in [2.75, 3.05) is 13.2 Å². The monoisotopic (exact) mass is 251 g/mol. The maximum absolute atomic E-state index is 5.97. The first-order chi connectivity index (χ1) is 8.83. The molecule has 2 rings (SSSR count). The number of nitrogens with one attached hydrogen (secondary N) is 1. The Morgan fingerprint density at radius 3 is 2.72 bits per heavy atom. The Morgan fingerprint density at radius 1 is 1.28 bits per heavy atom. The summed E-state index contributed by atoms with van der Waals surface area (Å²) in [7, 11) is 0. The van der Waals surface area contributed by atoms with E-state index in [2.05, 4.69) is 31.3 Å². The van der Waals surface area contributed by atoms with Crippen LogP contribution in [0.2, 0.25) is 0 Å². The largest absolute Gasteiger partial charge is 0.378 e. The summed E-state index contributed by atoms with van der Waals surface area (Å²) < 4.78 is 5.97. The van der Waals surface area contributed by atoms with E-state index in [1.165, 1.54) is 38.5 Å². The third-order valence-corrected chi connectivity index (χ3v) is 4.87. The zero-order chi connectivity index (χ0) is 12.8. The van der Waals surface area contributed by atoms with Gasteiger partial charge in [-0.2, -0.15) is 0 Å². The summed E-state index contributed by atoms with van der Waals surface area (Å²) in [5.41, 5.74) is 0.476. The second-order valence-corrected chi connectivity index (χ2v) is 5.84. The highest BCUT2D eigenvalue weighted by atomic mass is 16.5. The molecule has 2 atom stereocenters. The van der Waals surface area contributed by atoms with Crippen LogP contribution < -0.4 is 5.32 Å². The van der Waals surface area contributed by atoms with Crippen LogP contribution in [0, 0.1) is 5.41 Å². The van der Waals surface area contributed by atoms with Crippen molar-refractivity contribution in [1.82, 2.24) is 5.32 Å². The zero-order valence-corrected chi connectivity index (χ0v) is 12.1. The molecule has 1 N–H and O–H groups in total. The van der Waals surface area contributed by atoms with Crippen molar-refractivity contribution in [2.24, 2.45) is 5.41 Å². The van der Waals surface area contributed by atoms with E-state index in [0.29, 0.717) is 17.6 Å². The fourth-order valence-electron chi connectivity index (χ4n) is 3.86. The number of allylic oxidation sites excluding steroid dienone is 1. The summed E-state index contributed by atoms with van der Waals surface area (Å²) in [5, 5.41) is 3.77. The normalized spacial score (nSPS) is 30.8. The molecular weight excluding hydrogens is 222 g/mol. The van der Waals surface area contributed by atoms with Crippen LogP contribution in [-0.4, -0.2) is 25.3 Å². The maximum atomic E-state index is 5.97. The van der Waals surface area contributed by atoms with E-state index in [1.807, 2.05) is 0 Å². The van der Waals surface area contributed by atoms with Crippen LogP contribution in [-0.2, 0) is 4.74 Å². The minimum atomic E-state index is 0.476. The van der Waals surface area contributed by atoms with Crippen LogP contribution in [0.3, 0.4) is 0 Å². The second-order valence-electron chi connectivity index (χ2n) is 5.84. The lowest BCUT2D eigenvalue weighted by molar-refractivity contribution is -0.149. The predicted molar refractivity (Wildman–Crippen MR) is 76.8 cm³/mol. The van der Waals surface area contributed by atoms with E-state index in [9.17, 15) is 0 Å². The minimum Gasteiger partial charge on any atom is -0.378 e. The lowest BCUT2D eigenvalue weighted by atomic mass is 9.55. The molecule has 0 radical (unpaired) electrons. The van der Waals surface area contributed by atoms with E-state index >= 15 is 0 Å². The van der Waals surface area contributed by atoms with E-state index in [4.69, 9.17) is 4.74 Å². The molecule has 2 unspecified atom stereocenters. The van der Waals surface area contributed by atoms with Gasteiger partial charge in [-0.15, -0.1) is 0 Å². The molecule has 0 aromatic carbocycles. The summed E-state index contributed by atoms with van der Waals surface area (Å²) in [6.45, 7) is 6.22. The van der Waals surface area contributed by atoms with Gasteiger partial charge in [-0.3, -0.25) is 0 Å². The Labute approximate surface area is 112 Å². The topological polar surface area (TPSA) is 21.3 Å². The molecule has 0 heterocycles. The molecule has 2 saturated carbocycles. The van der Waals surface area contributed by atoms with Gasteiger partial charge in [-0.05, 0) is 46.1 Å². The predicted octanol–water partition coefficient (Wildman–Crippen LogP) is 3.67. The molecule has 0 amide bonds. The summed E-state index contributed by atoms with van der Waals surface area (Å²) in [5.74, 6) is 0. The maximum Gasteiger partial charge on any atom is 0.0661 e. The first-order valence-electron chi connectivity index (χ1n) is 7.79. The van der Waals surface area contributed by atoms with Crippen LogP contribution in [0.1, 0.15) is 58.8 Å².